The Morgan fingerprint density at radius 2 is 1.94 bits per heavy atom. The van der Waals surface area contributed by atoms with Gasteiger partial charge >= 0.3 is 0 Å². The van der Waals surface area contributed by atoms with Crippen LogP contribution in [0.3, 0.4) is 0 Å². The number of Topliss-reactive ketones (excluding diaryl/α,β-unsaturated/α-hetero) is 1. The summed E-state index contributed by atoms with van der Waals surface area (Å²) in [6.45, 7) is 5.17. The molecule has 2 nitrogen and oxygen atoms in total. The van der Waals surface area contributed by atoms with E-state index in [4.69, 9.17) is 0 Å². The molecule has 0 N–H and O–H groups in total. The molecule has 0 aromatic carbocycles. The van der Waals surface area contributed by atoms with Gasteiger partial charge in [0.2, 0.25) is 0 Å². The van der Waals surface area contributed by atoms with Crippen LogP contribution in [0.4, 0.5) is 0 Å². The molecule has 0 bridgehead atoms. The number of rotatable bonds is 4. The monoisotopic (exact) mass is 223 g/mol. The maximum atomic E-state index is 11.2. The smallest absolute Gasteiger partial charge is 0.131 e. The molecule has 0 amide bonds. The normalized spacial score (nSPS) is 29.8. The fourth-order valence-corrected chi connectivity index (χ4v) is 3.74. The SMILES string of the molecule is CC(=O)CC(C)N1CCCC1C1CCCC1. The van der Waals surface area contributed by atoms with E-state index >= 15 is 0 Å². The standard InChI is InChI=1S/C14H25NO/c1-11(10-12(2)16)15-9-5-8-14(15)13-6-3-4-7-13/h11,13-14H,3-10H2,1-2H3. The van der Waals surface area contributed by atoms with Gasteiger partial charge in [0.15, 0.2) is 0 Å². The fourth-order valence-electron chi connectivity index (χ4n) is 3.74. The molecule has 0 aromatic heterocycles. The van der Waals surface area contributed by atoms with Crippen LogP contribution < -0.4 is 0 Å². The van der Waals surface area contributed by atoms with E-state index in [-0.39, 0.29) is 0 Å². The number of ketones is 1. The Balaban J connectivity index is 1.93. The van der Waals surface area contributed by atoms with Crippen LogP contribution in [0.25, 0.3) is 0 Å². The molecule has 0 aromatic rings. The van der Waals surface area contributed by atoms with Crippen LogP contribution in [0.2, 0.25) is 0 Å². The molecule has 2 rings (SSSR count). The zero-order valence-corrected chi connectivity index (χ0v) is 10.7. The third-order valence-corrected chi connectivity index (χ3v) is 4.44. The average Bonchev–Trinajstić information content (AvgIpc) is 2.87. The van der Waals surface area contributed by atoms with Crippen LogP contribution >= 0.6 is 0 Å². The molecular weight excluding hydrogens is 198 g/mol. The van der Waals surface area contributed by atoms with Crippen LogP contribution in [-0.2, 0) is 4.79 Å². The molecular formula is C14H25NO. The van der Waals surface area contributed by atoms with Crippen molar-refractivity contribution in [2.75, 3.05) is 6.54 Å². The second-order valence-electron chi connectivity index (χ2n) is 5.75. The first kappa shape index (κ1) is 12.1. The molecule has 1 saturated heterocycles. The van der Waals surface area contributed by atoms with Crippen molar-refractivity contribution >= 4 is 5.78 Å². The fraction of sp³-hybridized carbons (Fsp3) is 0.929. The molecule has 2 atom stereocenters. The van der Waals surface area contributed by atoms with E-state index in [9.17, 15) is 4.79 Å². The number of hydrogen-bond donors (Lipinski definition) is 0. The minimum atomic E-state index is 0.338. The summed E-state index contributed by atoms with van der Waals surface area (Å²) in [5.74, 6) is 1.27. The highest BCUT2D eigenvalue weighted by Gasteiger charge is 2.35. The number of hydrogen-bond acceptors (Lipinski definition) is 2. The van der Waals surface area contributed by atoms with Crippen LogP contribution in [0.5, 0.6) is 0 Å². The van der Waals surface area contributed by atoms with Crippen molar-refractivity contribution in [1.82, 2.24) is 4.90 Å². The maximum Gasteiger partial charge on any atom is 0.131 e. The molecule has 2 fully saturated rings. The molecule has 1 saturated carbocycles. The van der Waals surface area contributed by atoms with Crippen LogP contribution in [-0.4, -0.2) is 29.3 Å². The molecule has 2 aliphatic rings. The van der Waals surface area contributed by atoms with E-state index in [2.05, 4.69) is 11.8 Å². The summed E-state index contributed by atoms with van der Waals surface area (Å²) < 4.78 is 0. The largest absolute Gasteiger partial charge is 0.300 e. The molecule has 1 aliphatic heterocycles. The predicted molar refractivity (Wildman–Crippen MR) is 66.4 cm³/mol. The van der Waals surface area contributed by atoms with Crippen LogP contribution in [0, 0.1) is 5.92 Å². The summed E-state index contributed by atoms with van der Waals surface area (Å²) in [7, 11) is 0. The van der Waals surface area contributed by atoms with Gasteiger partial charge in [0.1, 0.15) is 5.78 Å². The Kier molecular flexibility index (Phi) is 4.01. The molecule has 0 radical (unpaired) electrons. The van der Waals surface area contributed by atoms with Crippen molar-refractivity contribution < 1.29 is 4.79 Å². The third-order valence-electron chi connectivity index (χ3n) is 4.44. The van der Waals surface area contributed by atoms with Crippen molar-refractivity contribution in [2.45, 2.75) is 70.9 Å². The maximum absolute atomic E-state index is 11.2. The van der Waals surface area contributed by atoms with Gasteiger partial charge in [0, 0.05) is 18.5 Å². The molecule has 2 unspecified atom stereocenters. The van der Waals surface area contributed by atoms with E-state index in [1.807, 2.05) is 0 Å². The van der Waals surface area contributed by atoms with Gasteiger partial charge in [-0.15, -0.1) is 0 Å². The zero-order chi connectivity index (χ0) is 11.5. The van der Waals surface area contributed by atoms with Gasteiger partial charge < -0.3 is 0 Å². The van der Waals surface area contributed by atoms with Gasteiger partial charge in [-0.1, -0.05) is 12.8 Å². The van der Waals surface area contributed by atoms with E-state index in [1.165, 1.54) is 45.1 Å². The summed E-state index contributed by atoms with van der Waals surface area (Å²) in [6.07, 6.45) is 9.15. The molecule has 0 spiro atoms. The summed E-state index contributed by atoms with van der Waals surface area (Å²) in [5.41, 5.74) is 0. The summed E-state index contributed by atoms with van der Waals surface area (Å²) >= 11 is 0. The lowest BCUT2D eigenvalue weighted by Crippen LogP contribution is -2.41. The molecule has 1 aliphatic carbocycles. The van der Waals surface area contributed by atoms with E-state index in [1.54, 1.807) is 6.92 Å². The first-order chi connectivity index (χ1) is 7.68. The Morgan fingerprint density at radius 1 is 1.25 bits per heavy atom. The molecule has 16 heavy (non-hydrogen) atoms. The third kappa shape index (κ3) is 2.65. The van der Waals surface area contributed by atoms with Crippen molar-refractivity contribution in [1.29, 1.82) is 0 Å². The lowest BCUT2D eigenvalue weighted by atomic mass is 9.95. The van der Waals surface area contributed by atoms with Crippen molar-refractivity contribution in [3.8, 4) is 0 Å². The van der Waals surface area contributed by atoms with Gasteiger partial charge in [0.25, 0.3) is 0 Å². The molecule has 2 heteroatoms. The second-order valence-corrected chi connectivity index (χ2v) is 5.75. The average molecular weight is 223 g/mol. The summed E-state index contributed by atoms with van der Waals surface area (Å²) in [5, 5.41) is 0. The summed E-state index contributed by atoms with van der Waals surface area (Å²) in [6, 6.07) is 1.25. The van der Waals surface area contributed by atoms with Gasteiger partial charge in [-0.2, -0.15) is 0 Å². The minimum Gasteiger partial charge on any atom is -0.300 e. The Hall–Kier alpha value is -0.370. The lowest BCUT2D eigenvalue weighted by Gasteiger charge is -2.34. The Labute approximate surface area is 99.4 Å². The topological polar surface area (TPSA) is 20.3 Å². The van der Waals surface area contributed by atoms with Crippen molar-refractivity contribution in [2.24, 2.45) is 5.92 Å². The van der Waals surface area contributed by atoms with E-state index < -0.39 is 0 Å². The Bertz CT molecular complexity index is 245. The second kappa shape index (κ2) is 5.31. The Morgan fingerprint density at radius 3 is 2.56 bits per heavy atom. The van der Waals surface area contributed by atoms with Crippen molar-refractivity contribution in [3.63, 3.8) is 0 Å². The first-order valence-electron chi connectivity index (χ1n) is 6.93. The zero-order valence-electron chi connectivity index (χ0n) is 10.7. The number of carbonyl (C=O) groups is 1. The summed E-state index contributed by atoms with van der Waals surface area (Å²) in [4.78, 5) is 13.8. The van der Waals surface area contributed by atoms with Gasteiger partial charge in [-0.3, -0.25) is 9.69 Å². The highest BCUT2D eigenvalue weighted by atomic mass is 16.1. The predicted octanol–water partition coefficient (Wildman–Crippen LogP) is 3.01. The van der Waals surface area contributed by atoms with Crippen LogP contribution in [0.15, 0.2) is 0 Å². The van der Waals surface area contributed by atoms with Gasteiger partial charge in [-0.25, -0.2) is 0 Å². The lowest BCUT2D eigenvalue weighted by molar-refractivity contribution is -0.118. The van der Waals surface area contributed by atoms with E-state index in [0.717, 1.165) is 18.4 Å². The number of nitrogens with zero attached hydrogens (tertiary/aromatic N) is 1. The number of likely N-dealkylation sites (tertiary alicyclic amines) is 1. The highest BCUT2D eigenvalue weighted by Crippen LogP contribution is 2.36. The first-order valence-corrected chi connectivity index (χ1v) is 6.93. The van der Waals surface area contributed by atoms with E-state index in [0.29, 0.717) is 11.8 Å². The number of carbonyl (C=O) groups excluding carboxylic acids is 1. The van der Waals surface area contributed by atoms with Gasteiger partial charge in [-0.05, 0) is 52.0 Å². The van der Waals surface area contributed by atoms with Gasteiger partial charge in [0.05, 0.1) is 0 Å². The molecule has 92 valence electrons. The van der Waals surface area contributed by atoms with Crippen LogP contribution in [0.1, 0.15) is 58.8 Å². The highest BCUT2D eigenvalue weighted by molar-refractivity contribution is 5.76. The van der Waals surface area contributed by atoms with Crippen molar-refractivity contribution in [3.05, 3.63) is 0 Å². The minimum absolute atomic E-state index is 0.338. The quantitative estimate of drug-likeness (QED) is 0.730. The molecule has 1 heterocycles.